The van der Waals surface area contributed by atoms with Crippen LogP contribution < -0.4 is 10.0 Å². The van der Waals surface area contributed by atoms with Gasteiger partial charge in [0.05, 0.1) is 11.5 Å². The number of carbonyl (C=O) groups excluding carboxylic acids is 1. The molecular formula is C18H28N2O4S. The molecule has 1 aliphatic rings. The largest absolute Gasteiger partial charge is 0.383 e. The average Bonchev–Trinajstić information content (AvgIpc) is 2.83. The van der Waals surface area contributed by atoms with Crippen LogP contribution in [0.4, 0.5) is 0 Å². The summed E-state index contributed by atoms with van der Waals surface area (Å²) in [6.45, 7) is 2.58. The van der Waals surface area contributed by atoms with Crippen molar-refractivity contribution < 1.29 is 17.9 Å². The molecule has 0 saturated heterocycles. The SMILES string of the molecule is COCCNC(=O)c1cc(S(=O)(=O)NC2CCCCCC2)ccc1C. The molecule has 0 radical (unpaired) electrons. The van der Waals surface area contributed by atoms with E-state index in [1.165, 1.54) is 6.07 Å². The second kappa shape index (κ2) is 9.31. The van der Waals surface area contributed by atoms with Crippen LogP contribution in [0.5, 0.6) is 0 Å². The van der Waals surface area contributed by atoms with Crippen LogP contribution in [0, 0.1) is 6.92 Å². The number of ether oxygens (including phenoxy) is 1. The average molecular weight is 368 g/mol. The summed E-state index contributed by atoms with van der Waals surface area (Å²) in [5, 5.41) is 2.73. The number of hydrogen-bond acceptors (Lipinski definition) is 4. The summed E-state index contributed by atoms with van der Waals surface area (Å²) in [6, 6.07) is 4.66. The van der Waals surface area contributed by atoms with Crippen LogP contribution in [-0.2, 0) is 14.8 Å². The Balaban J connectivity index is 2.14. The maximum Gasteiger partial charge on any atom is 0.251 e. The van der Waals surface area contributed by atoms with Crippen LogP contribution >= 0.6 is 0 Å². The van der Waals surface area contributed by atoms with Gasteiger partial charge >= 0.3 is 0 Å². The smallest absolute Gasteiger partial charge is 0.251 e. The second-order valence-corrected chi connectivity index (χ2v) is 8.25. The van der Waals surface area contributed by atoms with E-state index in [4.69, 9.17) is 4.74 Å². The molecule has 0 heterocycles. The van der Waals surface area contributed by atoms with Crippen molar-refractivity contribution >= 4 is 15.9 Å². The maximum atomic E-state index is 12.7. The number of aryl methyl sites for hydroxylation is 1. The molecule has 25 heavy (non-hydrogen) atoms. The molecule has 1 aliphatic carbocycles. The van der Waals surface area contributed by atoms with Gasteiger partial charge in [0.1, 0.15) is 0 Å². The zero-order chi connectivity index (χ0) is 18.3. The van der Waals surface area contributed by atoms with Gasteiger partial charge in [-0.15, -0.1) is 0 Å². The van der Waals surface area contributed by atoms with E-state index in [-0.39, 0.29) is 16.8 Å². The zero-order valence-electron chi connectivity index (χ0n) is 15.0. The molecule has 0 atom stereocenters. The van der Waals surface area contributed by atoms with Crippen molar-refractivity contribution in [2.75, 3.05) is 20.3 Å². The fourth-order valence-corrected chi connectivity index (χ4v) is 4.39. The van der Waals surface area contributed by atoms with E-state index in [0.717, 1.165) is 44.1 Å². The second-order valence-electron chi connectivity index (χ2n) is 6.54. The molecule has 7 heteroatoms. The first kappa shape index (κ1) is 19.9. The maximum absolute atomic E-state index is 12.7. The third kappa shape index (κ3) is 5.80. The molecule has 0 bridgehead atoms. The molecular weight excluding hydrogens is 340 g/mol. The van der Waals surface area contributed by atoms with E-state index in [1.807, 2.05) is 0 Å². The Hall–Kier alpha value is -1.44. The molecule has 1 fully saturated rings. The zero-order valence-corrected chi connectivity index (χ0v) is 15.8. The Morgan fingerprint density at radius 3 is 2.52 bits per heavy atom. The quantitative estimate of drug-likeness (QED) is 0.572. The monoisotopic (exact) mass is 368 g/mol. The number of hydrogen-bond donors (Lipinski definition) is 2. The lowest BCUT2D eigenvalue weighted by molar-refractivity contribution is 0.0936. The normalized spacial score (nSPS) is 16.4. The Bertz CT molecular complexity index is 680. The predicted octanol–water partition coefficient (Wildman–Crippen LogP) is 2.37. The van der Waals surface area contributed by atoms with Gasteiger partial charge in [-0.3, -0.25) is 4.79 Å². The number of amides is 1. The van der Waals surface area contributed by atoms with E-state index in [0.29, 0.717) is 18.7 Å². The Morgan fingerprint density at radius 2 is 1.88 bits per heavy atom. The van der Waals surface area contributed by atoms with Crippen LogP contribution in [0.15, 0.2) is 23.1 Å². The van der Waals surface area contributed by atoms with Crippen molar-refractivity contribution in [3.8, 4) is 0 Å². The molecule has 140 valence electrons. The van der Waals surface area contributed by atoms with E-state index in [1.54, 1.807) is 26.2 Å². The van der Waals surface area contributed by atoms with Crippen LogP contribution in [0.3, 0.4) is 0 Å². The summed E-state index contributed by atoms with van der Waals surface area (Å²) in [5.41, 5.74) is 1.11. The van der Waals surface area contributed by atoms with E-state index in [2.05, 4.69) is 10.0 Å². The van der Waals surface area contributed by atoms with E-state index < -0.39 is 10.0 Å². The highest BCUT2D eigenvalue weighted by Gasteiger charge is 2.22. The highest BCUT2D eigenvalue weighted by molar-refractivity contribution is 7.89. The third-order valence-corrected chi connectivity index (χ3v) is 6.05. The minimum Gasteiger partial charge on any atom is -0.383 e. The summed E-state index contributed by atoms with van der Waals surface area (Å²) in [5.74, 6) is -0.291. The molecule has 2 rings (SSSR count). The summed E-state index contributed by atoms with van der Waals surface area (Å²) in [7, 11) is -2.07. The minimum atomic E-state index is -3.63. The number of sulfonamides is 1. The lowest BCUT2D eigenvalue weighted by Crippen LogP contribution is -2.34. The van der Waals surface area contributed by atoms with E-state index >= 15 is 0 Å². The molecule has 0 spiro atoms. The van der Waals surface area contributed by atoms with Crippen LogP contribution in [-0.4, -0.2) is 40.6 Å². The number of methoxy groups -OCH3 is 1. The van der Waals surface area contributed by atoms with Crippen molar-refractivity contribution in [3.05, 3.63) is 29.3 Å². The molecule has 1 aromatic rings. The Labute approximate surface area is 150 Å². The number of benzene rings is 1. The molecule has 1 aromatic carbocycles. The first-order valence-corrected chi connectivity index (χ1v) is 10.3. The lowest BCUT2D eigenvalue weighted by atomic mass is 10.1. The summed E-state index contributed by atoms with van der Waals surface area (Å²) >= 11 is 0. The van der Waals surface area contributed by atoms with Crippen molar-refractivity contribution in [1.82, 2.24) is 10.0 Å². The number of nitrogens with one attached hydrogen (secondary N) is 2. The first-order chi connectivity index (χ1) is 11.9. The fraction of sp³-hybridized carbons (Fsp3) is 0.611. The Morgan fingerprint density at radius 1 is 1.20 bits per heavy atom. The summed E-state index contributed by atoms with van der Waals surface area (Å²) in [6.07, 6.45) is 6.16. The number of rotatable bonds is 7. The minimum absolute atomic E-state index is 0.0206. The molecule has 1 saturated carbocycles. The van der Waals surface area contributed by atoms with Crippen molar-refractivity contribution in [2.45, 2.75) is 56.4 Å². The van der Waals surface area contributed by atoms with Gasteiger partial charge in [-0.1, -0.05) is 31.7 Å². The van der Waals surface area contributed by atoms with E-state index in [9.17, 15) is 13.2 Å². The van der Waals surface area contributed by atoms with Gasteiger partial charge in [0, 0.05) is 25.3 Å². The van der Waals surface area contributed by atoms with Gasteiger partial charge in [-0.25, -0.2) is 13.1 Å². The van der Waals surface area contributed by atoms with Gasteiger partial charge in [0.2, 0.25) is 10.0 Å². The topological polar surface area (TPSA) is 84.5 Å². The molecule has 0 unspecified atom stereocenters. The standard InChI is InChI=1S/C18H28N2O4S/c1-14-9-10-16(13-17(14)18(21)19-11-12-24-2)25(22,23)20-15-7-5-3-4-6-8-15/h9-10,13,15,20H,3-8,11-12H2,1-2H3,(H,19,21). The molecule has 2 N–H and O–H groups in total. The first-order valence-electron chi connectivity index (χ1n) is 8.84. The summed E-state index contributed by atoms with van der Waals surface area (Å²) in [4.78, 5) is 12.4. The molecule has 0 aliphatic heterocycles. The Kier molecular flexibility index (Phi) is 7.40. The van der Waals surface area contributed by atoms with Crippen molar-refractivity contribution in [3.63, 3.8) is 0 Å². The van der Waals surface area contributed by atoms with Crippen LogP contribution in [0.2, 0.25) is 0 Å². The van der Waals surface area contributed by atoms with Crippen molar-refractivity contribution in [1.29, 1.82) is 0 Å². The van der Waals surface area contributed by atoms with Gasteiger partial charge < -0.3 is 10.1 Å². The van der Waals surface area contributed by atoms with Crippen molar-refractivity contribution in [2.24, 2.45) is 0 Å². The molecule has 0 aromatic heterocycles. The lowest BCUT2D eigenvalue weighted by Gasteiger charge is -2.17. The van der Waals surface area contributed by atoms with Crippen LogP contribution in [0.25, 0.3) is 0 Å². The highest BCUT2D eigenvalue weighted by Crippen LogP contribution is 2.21. The third-order valence-electron chi connectivity index (χ3n) is 4.53. The molecule has 6 nitrogen and oxygen atoms in total. The number of carbonyl (C=O) groups is 1. The van der Waals surface area contributed by atoms with Gasteiger partial charge in [0.25, 0.3) is 5.91 Å². The van der Waals surface area contributed by atoms with Gasteiger partial charge in [0.15, 0.2) is 0 Å². The highest BCUT2D eigenvalue weighted by atomic mass is 32.2. The van der Waals surface area contributed by atoms with Gasteiger partial charge in [-0.2, -0.15) is 0 Å². The molecule has 1 amide bonds. The van der Waals surface area contributed by atoms with Crippen LogP contribution in [0.1, 0.15) is 54.4 Å². The predicted molar refractivity (Wildman–Crippen MR) is 97.2 cm³/mol. The fourth-order valence-electron chi connectivity index (χ4n) is 3.06. The van der Waals surface area contributed by atoms with Gasteiger partial charge in [-0.05, 0) is 37.5 Å². The summed E-state index contributed by atoms with van der Waals surface area (Å²) < 4.78 is 33.1.